The van der Waals surface area contributed by atoms with Crippen LogP contribution in [0.1, 0.15) is 27.7 Å². The molecule has 2 aromatic rings. The minimum absolute atomic E-state index is 0.0925. The second-order valence-corrected chi connectivity index (χ2v) is 10.6. The summed E-state index contributed by atoms with van der Waals surface area (Å²) in [6.07, 6.45) is 1.68. The minimum Gasteiger partial charge on any atom is -0.346 e. The third kappa shape index (κ3) is 5.53. The first-order valence-corrected chi connectivity index (χ1v) is 11.7. The van der Waals surface area contributed by atoms with Crippen molar-refractivity contribution >= 4 is 38.1 Å². The molecule has 0 atom stereocenters. The topological polar surface area (TPSA) is 103 Å². The quantitative estimate of drug-likeness (QED) is 0.662. The van der Waals surface area contributed by atoms with Crippen LogP contribution in [-0.2, 0) is 14.8 Å². The van der Waals surface area contributed by atoms with Gasteiger partial charge in [-0.3, -0.25) is 4.79 Å². The van der Waals surface area contributed by atoms with Gasteiger partial charge in [-0.05, 0) is 32.9 Å². The predicted octanol–water partition coefficient (Wildman–Crippen LogP) is 2.25. The number of hydrogen-bond donors (Lipinski definition) is 3. The summed E-state index contributed by atoms with van der Waals surface area (Å²) in [5.41, 5.74) is 0.287. The van der Waals surface area contributed by atoms with E-state index in [2.05, 4.69) is 19.9 Å². The summed E-state index contributed by atoms with van der Waals surface area (Å²) < 4.78 is 36.7. The fourth-order valence-corrected chi connectivity index (χ4v) is 5.76. The van der Waals surface area contributed by atoms with E-state index in [1.54, 1.807) is 39.1 Å². The van der Waals surface area contributed by atoms with Crippen LogP contribution in [0, 0.1) is 0 Å². The maximum Gasteiger partial charge on any atom is 0.241 e. The summed E-state index contributed by atoms with van der Waals surface area (Å²) in [6.45, 7) is 9.38. The third-order valence-electron chi connectivity index (χ3n) is 4.12. The SMILES string of the molecule is [2H]N1CCN(c2ncc(-c3ccc(NC(C)=O)cc3S(=O)(=O)NC(C)(C)C)s2)CC1. The summed E-state index contributed by atoms with van der Waals surface area (Å²) in [7, 11) is -3.85. The first-order valence-electron chi connectivity index (χ1n) is 9.80. The molecule has 0 saturated carbocycles. The zero-order chi connectivity index (χ0) is 22.1. The molecule has 1 aliphatic rings. The van der Waals surface area contributed by atoms with Gasteiger partial charge in [-0.15, -0.1) is 0 Å². The largest absolute Gasteiger partial charge is 0.346 e. The van der Waals surface area contributed by atoms with E-state index in [0.29, 0.717) is 37.4 Å². The number of benzene rings is 1. The van der Waals surface area contributed by atoms with Gasteiger partial charge >= 0.3 is 0 Å². The highest BCUT2D eigenvalue weighted by atomic mass is 32.2. The van der Waals surface area contributed by atoms with Crippen molar-refractivity contribution in [3.05, 3.63) is 24.4 Å². The van der Waals surface area contributed by atoms with E-state index in [-0.39, 0.29) is 10.8 Å². The Kier molecular flexibility index (Phi) is 5.86. The molecule has 3 N–H and O–H groups in total. The number of aromatic nitrogens is 1. The van der Waals surface area contributed by atoms with Crippen molar-refractivity contribution in [3.63, 3.8) is 0 Å². The van der Waals surface area contributed by atoms with E-state index < -0.39 is 15.6 Å². The summed E-state index contributed by atoms with van der Waals surface area (Å²) in [5.74, 6) is -0.275. The Morgan fingerprint density at radius 2 is 2.00 bits per heavy atom. The van der Waals surface area contributed by atoms with Gasteiger partial charge in [0.15, 0.2) is 5.13 Å². The van der Waals surface area contributed by atoms with Crippen LogP contribution in [-0.4, -0.2) is 51.0 Å². The highest BCUT2D eigenvalue weighted by Crippen LogP contribution is 2.36. The number of thiazole rings is 1. The first kappa shape index (κ1) is 20.3. The summed E-state index contributed by atoms with van der Waals surface area (Å²) in [6, 6.07) is 4.86. The molecular weight excluding hydrogens is 410 g/mol. The number of rotatable bonds is 5. The molecule has 2 heterocycles. The number of hydrogen-bond acceptors (Lipinski definition) is 7. The molecule has 10 heteroatoms. The van der Waals surface area contributed by atoms with Crippen LogP contribution in [0.3, 0.4) is 0 Å². The monoisotopic (exact) mass is 438 g/mol. The lowest BCUT2D eigenvalue weighted by atomic mass is 10.1. The molecular formula is C19H27N5O3S2. The van der Waals surface area contributed by atoms with Gasteiger partial charge in [0.25, 0.3) is 0 Å². The Balaban J connectivity index is 2.01. The number of carbonyl (C=O) groups is 1. The second-order valence-electron chi connectivity index (χ2n) is 7.91. The Labute approximate surface area is 177 Å². The van der Waals surface area contributed by atoms with Crippen LogP contribution in [0.2, 0.25) is 1.41 Å². The van der Waals surface area contributed by atoms with Gasteiger partial charge < -0.3 is 15.5 Å². The molecule has 1 saturated heterocycles. The van der Waals surface area contributed by atoms with Crippen molar-refractivity contribution in [3.8, 4) is 10.4 Å². The fraction of sp³-hybridized carbons (Fsp3) is 0.474. The van der Waals surface area contributed by atoms with Gasteiger partial charge in [-0.2, -0.15) is 0 Å². The standard InChI is InChI=1S/C19H27N5O3S2/c1-13(25)22-14-5-6-15(17(11-14)29(26,27)23-19(2,3)4)16-12-21-18(28-16)24-9-7-20-8-10-24/h5-6,11-12,20,23H,7-10H2,1-4H3,(H,22,25)/i/hD. The fourth-order valence-electron chi connectivity index (χ4n) is 3.02. The van der Waals surface area contributed by atoms with Crippen molar-refractivity contribution < 1.29 is 14.6 Å². The normalized spacial score (nSPS) is 16.6. The van der Waals surface area contributed by atoms with Crippen LogP contribution in [0.4, 0.5) is 10.8 Å². The van der Waals surface area contributed by atoms with Crippen LogP contribution >= 0.6 is 11.3 Å². The highest BCUT2D eigenvalue weighted by molar-refractivity contribution is 7.89. The molecule has 0 aliphatic carbocycles. The Morgan fingerprint density at radius 3 is 2.62 bits per heavy atom. The van der Waals surface area contributed by atoms with E-state index in [1.165, 1.54) is 29.6 Å². The predicted molar refractivity (Wildman–Crippen MR) is 117 cm³/mol. The summed E-state index contributed by atoms with van der Waals surface area (Å²) in [4.78, 5) is 18.9. The van der Waals surface area contributed by atoms with Gasteiger partial charge in [0.1, 0.15) is 1.41 Å². The van der Waals surface area contributed by atoms with Gasteiger partial charge in [0, 0.05) is 56.1 Å². The molecule has 0 bridgehead atoms. The summed E-state index contributed by atoms with van der Waals surface area (Å²) >= 11 is 1.42. The molecule has 3 rings (SSSR count). The molecule has 0 unspecified atom stereocenters. The third-order valence-corrected chi connectivity index (χ3v) is 7.01. The van der Waals surface area contributed by atoms with Crippen molar-refractivity contribution in [2.24, 2.45) is 0 Å². The average molecular weight is 439 g/mol. The maximum atomic E-state index is 13.1. The van der Waals surface area contributed by atoms with Crippen molar-refractivity contribution in [2.45, 2.75) is 38.1 Å². The number of amides is 1. The van der Waals surface area contributed by atoms with E-state index in [4.69, 9.17) is 1.41 Å². The van der Waals surface area contributed by atoms with Gasteiger partial charge in [-0.25, -0.2) is 18.1 Å². The number of sulfonamides is 1. The Bertz CT molecular complexity index is 1030. The van der Waals surface area contributed by atoms with Crippen LogP contribution < -0.4 is 20.2 Å². The number of carbonyl (C=O) groups excluding carboxylic acids is 1. The molecule has 1 aromatic carbocycles. The average Bonchev–Trinajstić information content (AvgIpc) is 3.09. The van der Waals surface area contributed by atoms with Gasteiger partial charge in [0.05, 0.1) is 9.77 Å². The zero-order valence-corrected chi connectivity index (χ0v) is 18.7. The number of piperazine rings is 1. The molecule has 1 amide bonds. The maximum absolute atomic E-state index is 13.1. The van der Waals surface area contributed by atoms with Gasteiger partial charge in [-0.1, -0.05) is 17.4 Å². The number of nitrogens with zero attached hydrogens (tertiary/aromatic N) is 2. The molecule has 0 spiro atoms. The lowest BCUT2D eigenvalue weighted by Gasteiger charge is -2.26. The van der Waals surface area contributed by atoms with E-state index >= 15 is 0 Å². The molecule has 1 aliphatic heterocycles. The van der Waals surface area contributed by atoms with Crippen LogP contribution in [0.15, 0.2) is 29.3 Å². The smallest absolute Gasteiger partial charge is 0.241 e. The van der Waals surface area contributed by atoms with Crippen molar-refractivity contribution in [1.29, 1.82) is 0 Å². The lowest BCUT2D eigenvalue weighted by Crippen LogP contribution is -2.43. The van der Waals surface area contributed by atoms with E-state index in [9.17, 15) is 13.2 Å². The molecule has 8 nitrogen and oxygen atoms in total. The molecule has 29 heavy (non-hydrogen) atoms. The number of anilines is 2. The van der Waals surface area contributed by atoms with Crippen molar-refractivity contribution in [2.75, 3.05) is 36.4 Å². The Morgan fingerprint density at radius 1 is 1.31 bits per heavy atom. The zero-order valence-electron chi connectivity index (χ0n) is 18.0. The Hall–Kier alpha value is -2.01. The van der Waals surface area contributed by atoms with Gasteiger partial charge in [0.2, 0.25) is 15.9 Å². The van der Waals surface area contributed by atoms with Crippen molar-refractivity contribution in [1.82, 2.24) is 15.0 Å². The molecule has 158 valence electrons. The number of nitrogens with one attached hydrogen (secondary N) is 3. The van der Waals surface area contributed by atoms with E-state index in [1.807, 2.05) is 0 Å². The minimum atomic E-state index is -3.85. The first-order chi connectivity index (χ1) is 13.9. The second kappa shape index (κ2) is 8.39. The van der Waals surface area contributed by atoms with E-state index in [0.717, 1.165) is 10.0 Å². The summed E-state index contributed by atoms with van der Waals surface area (Å²) in [5, 5.41) is 4.97. The highest BCUT2D eigenvalue weighted by Gasteiger charge is 2.27. The lowest BCUT2D eigenvalue weighted by molar-refractivity contribution is -0.114. The molecule has 1 aromatic heterocycles. The van der Waals surface area contributed by atoms with Crippen LogP contribution in [0.25, 0.3) is 10.4 Å². The van der Waals surface area contributed by atoms with Crippen LogP contribution in [0.5, 0.6) is 0 Å². The molecule has 1 fully saturated rings. The molecule has 0 radical (unpaired) electrons.